The van der Waals surface area contributed by atoms with Gasteiger partial charge in [-0.05, 0) is 37.0 Å². The van der Waals surface area contributed by atoms with Crippen LogP contribution in [0.2, 0.25) is 0 Å². The standard InChI is InChI=1S/C17H22FNO3/c1-21-15-11-19(12-17(15)8-3-9-22-17)16(20)7-6-13-4-2-5-14(18)10-13/h2,4-5,10,15H,3,6-9,11-12H2,1H3/t15-,17-/m0/s1. The van der Waals surface area contributed by atoms with Crippen molar-refractivity contribution in [2.45, 2.75) is 37.4 Å². The Morgan fingerprint density at radius 1 is 1.55 bits per heavy atom. The molecule has 2 atom stereocenters. The number of hydrogen-bond donors (Lipinski definition) is 0. The highest BCUT2D eigenvalue weighted by Gasteiger charge is 2.51. The average molecular weight is 307 g/mol. The number of carbonyl (C=O) groups excluding carboxylic acids is 1. The van der Waals surface area contributed by atoms with Gasteiger partial charge in [-0.1, -0.05) is 12.1 Å². The van der Waals surface area contributed by atoms with Crippen molar-refractivity contribution in [1.29, 1.82) is 0 Å². The largest absolute Gasteiger partial charge is 0.377 e. The van der Waals surface area contributed by atoms with E-state index in [1.54, 1.807) is 13.2 Å². The summed E-state index contributed by atoms with van der Waals surface area (Å²) >= 11 is 0. The summed E-state index contributed by atoms with van der Waals surface area (Å²) in [6, 6.07) is 6.42. The first-order valence-corrected chi connectivity index (χ1v) is 7.82. The molecule has 1 aromatic rings. The molecule has 3 rings (SSSR count). The predicted octanol–water partition coefficient (Wildman–Crippen LogP) is 2.16. The number of benzene rings is 1. The molecular formula is C17H22FNO3. The number of rotatable bonds is 4. The molecule has 22 heavy (non-hydrogen) atoms. The van der Waals surface area contributed by atoms with Crippen LogP contribution in [-0.4, -0.2) is 49.3 Å². The topological polar surface area (TPSA) is 38.8 Å². The average Bonchev–Trinajstić information content (AvgIpc) is 3.13. The number of ether oxygens (including phenoxy) is 2. The lowest BCUT2D eigenvalue weighted by Gasteiger charge is -2.27. The quantitative estimate of drug-likeness (QED) is 0.856. The van der Waals surface area contributed by atoms with Crippen LogP contribution in [0.5, 0.6) is 0 Å². The van der Waals surface area contributed by atoms with Gasteiger partial charge in [0.15, 0.2) is 0 Å². The molecular weight excluding hydrogens is 285 g/mol. The first kappa shape index (κ1) is 15.4. The number of likely N-dealkylation sites (tertiary alicyclic amines) is 1. The van der Waals surface area contributed by atoms with E-state index in [1.165, 1.54) is 12.1 Å². The first-order chi connectivity index (χ1) is 10.6. The van der Waals surface area contributed by atoms with Crippen molar-refractivity contribution >= 4 is 5.91 Å². The van der Waals surface area contributed by atoms with Gasteiger partial charge in [0.25, 0.3) is 0 Å². The summed E-state index contributed by atoms with van der Waals surface area (Å²) in [5, 5.41) is 0. The molecule has 0 radical (unpaired) electrons. The molecule has 2 fully saturated rings. The highest BCUT2D eigenvalue weighted by molar-refractivity contribution is 5.77. The molecule has 2 aliphatic rings. The highest BCUT2D eigenvalue weighted by atomic mass is 19.1. The molecule has 0 N–H and O–H groups in total. The second-order valence-electron chi connectivity index (χ2n) is 6.15. The number of aryl methyl sites for hydroxylation is 1. The van der Waals surface area contributed by atoms with E-state index in [0.717, 1.165) is 25.0 Å². The Bertz CT molecular complexity index is 542. The molecule has 2 saturated heterocycles. The van der Waals surface area contributed by atoms with Gasteiger partial charge < -0.3 is 14.4 Å². The van der Waals surface area contributed by atoms with Crippen LogP contribution in [0.25, 0.3) is 0 Å². The van der Waals surface area contributed by atoms with Gasteiger partial charge in [0.1, 0.15) is 17.5 Å². The monoisotopic (exact) mass is 307 g/mol. The molecule has 1 aromatic carbocycles. The Hall–Kier alpha value is -1.46. The minimum absolute atomic E-state index is 0.0480. The van der Waals surface area contributed by atoms with Crippen LogP contribution < -0.4 is 0 Å². The van der Waals surface area contributed by atoms with Gasteiger partial charge in [0.2, 0.25) is 5.91 Å². The molecule has 0 bridgehead atoms. The van der Waals surface area contributed by atoms with Gasteiger partial charge >= 0.3 is 0 Å². The maximum atomic E-state index is 13.2. The maximum absolute atomic E-state index is 13.2. The van der Waals surface area contributed by atoms with Crippen molar-refractivity contribution in [3.8, 4) is 0 Å². The van der Waals surface area contributed by atoms with E-state index >= 15 is 0 Å². The molecule has 0 saturated carbocycles. The van der Waals surface area contributed by atoms with Crippen molar-refractivity contribution in [3.05, 3.63) is 35.6 Å². The molecule has 0 aliphatic carbocycles. The predicted molar refractivity (Wildman–Crippen MR) is 80.0 cm³/mol. The summed E-state index contributed by atoms with van der Waals surface area (Å²) in [5.74, 6) is -0.178. The SMILES string of the molecule is CO[C@H]1CN(C(=O)CCc2cccc(F)c2)C[C@@]12CCCO2. The molecule has 2 heterocycles. The Morgan fingerprint density at radius 3 is 3.09 bits per heavy atom. The van der Waals surface area contributed by atoms with Crippen molar-refractivity contribution in [2.24, 2.45) is 0 Å². The fourth-order valence-electron chi connectivity index (χ4n) is 3.53. The summed E-state index contributed by atoms with van der Waals surface area (Å²) in [7, 11) is 1.68. The minimum Gasteiger partial charge on any atom is -0.377 e. The fourth-order valence-corrected chi connectivity index (χ4v) is 3.53. The summed E-state index contributed by atoms with van der Waals surface area (Å²) in [5.41, 5.74) is 0.533. The first-order valence-electron chi connectivity index (χ1n) is 7.82. The van der Waals surface area contributed by atoms with Gasteiger partial charge in [-0.3, -0.25) is 4.79 Å². The van der Waals surface area contributed by atoms with Crippen LogP contribution in [0.1, 0.15) is 24.8 Å². The maximum Gasteiger partial charge on any atom is 0.223 e. The normalized spacial score (nSPS) is 27.7. The van der Waals surface area contributed by atoms with E-state index in [2.05, 4.69) is 0 Å². The van der Waals surface area contributed by atoms with Crippen LogP contribution in [0.15, 0.2) is 24.3 Å². The van der Waals surface area contributed by atoms with Crippen molar-refractivity contribution < 1.29 is 18.7 Å². The summed E-state index contributed by atoms with van der Waals surface area (Å²) in [6.45, 7) is 1.93. The molecule has 5 heteroatoms. The second-order valence-corrected chi connectivity index (χ2v) is 6.15. The lowest BCUT2D eigenvalue weighted by Crippen LogP contribution is -2.42. The molecule has 0 unspecified atom stereocenters. The van der Waals surface area contributed by atoms with E-state index in [9.17, 15) is 9.18 Å². The van der Waals surface area contributed by atoms with Gasteiger partial charge in [0, 0.05) is 26.7 Å². The molecule has 1 spiro atoms. The number of carbonyl (C=O) groups is 1. The van der Waals surface area contributed by atoms with E-state index in [4.69, 9.17) is 9.47 Å². The summed E-state index contributed by atoms with van der Waals surface area (Å²) in [6.07, 6.45) is 2.85. The number of amides is 1. The minimum atomic E-state index is -0.316. The molecule has 0 aromatic heterocycles. The molecule has 120 valence electrons. The number of hydrogen-bond acceptors (Lipinski definition) is 3. The Balaban J connectivity index is 1.59. The Labute approximate surface area is 130 Å². The Morgan fingerprint density at radius 2 is 2.41 bits per heavy atom. The zero-order chi connectivity index (χ0) is 15.6. The fraction of sp³-hybridized carbons (Fsp3) is 0.588. The smallest absolute Gasteiger partial charge is 0.223 e. The third-order valence-corrected chi connectivity index (χ3v) is 4.72. The van der Waals surface area contributed by atoms with Crippen LogP contribution in [0, 0.1) is 5.82 Å². The van der Waals surface area contributed by atoms with Crippen LogP contribution in [0.4, 0.5) is 4.39 Å². The second kappa shape index (κ2) is 6.34. The van der Waals surface area contributed by atoms with Crippen molar-refractivity contribution in [1.82, 2.24) is 4.90 Å². The lowest BCUT2D eigenvalue weighted by atomic mass is 9.96. The van der Waals surface area contributed by atoms with E-state index in [1.807, 2.05) is 11.0 Å². The van der Waals surface area contributed by atoms with Gasteiger partial charge in [-0.15, -0.1) is 0 Å². The highest BCUT2D eigenvalue weighted by Crippen LogP contribution is 2.36. The van der Waals surface area contributed by atoms with Crippen LogP contribution in [0.3, 0.4) is 0 Å². The lowest BCUT2D eigenvalue weighted by molar-refractivity contribution is -0.131. The van der Waals surface area contributed by atoms with Crippen molar-refractivity contribution in [3.63, 3.8) is 0 Å². The van der Waals surface area contributed by atoms with Gasteiger partial charge in [-0.2, -0.15) is 0 Å². The van der Waals surface area contributed by atoms with E-state index in [-0.39, 0.29) is 23.4 Å². The van der Waals surface area contributed by atoms with Crippen molar-refractivity contribution in [2.75, 3.05) is 26.8 Å². The zero-order valence-electron chi connectivity index (χ0n) is 12.9. The van der Waals surface area contributed by atoms with E-state index in [0.29, 0.717) is 25.9 Å². The van der Waals surface area contributed by atoms with Gasteiger partial charge in [-0.25, -0.2) is 4.39 Å². The Kier molecular flexibility index (Phi) is 4.45. The van der Waals surface area contributed by atoms with Crippen LogP contribution in [-0.2, 0) is 20.7 Å². The molecule has 4 nitrogen and oxygen atoms in total. The third-order valence-electron chi connectivity index (χ3n) is 4.72. The van der Waals surface area contributed by atoms with Crippen LogP contribution >= 0.6 is 0 Å². The summed E-state index contributed by atoms with van der Waals surface area (Å²) in [4.78, 5) is 14.3. The van der Waals surface area contributed by atoms with E-state index < -0.39 is 0 Å². The van der Waals surface area contributed by atoms with Gasteiger partial charge in [0.05, 0.1) is 6.54 Å². The number of halogens is 1. The zero-order valence-corrected chi connectivity index (χ0v) is 12.9. The summed E-state index contributed by atoms with van der Waals surface area (Å²) < 4.78 is 24.6. The molecule has 2 aliphatic heterocycles. The number of methoxy groups -OCH3 is 1. The number of nitrogens with zero attached hydrogens (tertiary/aromatic N) is 1. The molecule has 1 amide bonds. The third kappa shape index (κ3) is 3.01.